The Kier molecular flexibility index (Phi) is 7.68. The molecule has 0 amide bonds. The number of fused-ring (bicyclic) bond motifs is 22. The Hall–Kier alpha value is -10.5. The fourth-order valence-corrected chi connectivity index (χ4v) is 14.4. The largest absolute Gasteiger partial charge is 0.309 e. The van der Waals surface area contributed by atoms with E-state index in [1.807, 2.05) is 0 Å². The number of para-hydroxylation sites is 6. The number of hydrogen-bond acceptors (Lipinski definition) is 1. The van der Waals surface area contributed by atoms with Crippen LogP contribution in [0.1, 0.15) is 0 Å². The van der Waals surface area contributed by atoms with Crippen molar-refractivity contribution in [3.63, 3.8) is 0 Å². The molecule has 0 fully saturated rings. The van der Waals surface area contributed by atoms with E-state index < -0.39 is 0 Å². The zero-order valence-corrected chi connectivity index (χ0v) is 41.9. The average Bonchev–Trinajstić information content (AvgIpc) is 4.39. The van der Waals surface area contributed by atoms with E-state index in [2.05, 4.69) is 267 Å². The zero-order valence-electron chi connectivity index (χ0n) is 41.9. The first kappa shape index (κ1) is 40.8. The van der Waals surface area contributed by atoms with Crippen molar-refractivity contribution < 1.29 is 0 Å². The fourth-order valence-electron chi connectivity index (χ4n) is 14.4. The van der Waals surface area contributed by atoms with E-state index in [9.17, 15) is 0 Å². The number of pyridine rings is 1. The van der Waals surface area contributed by atoms with Gasteiger partial charge in [0.25, 0.3) is 0 Å². The maximum atomic E-state index is 6.01. The van der Waals surface area contributed by atoms with Gasteiger partial charge in [0.1, 0.15) is 5.65 Å². The summed E-state index contributed by atoms with van der Waals surface area (Å²) in [5.74, 6) is 0. The molecule has 0 bridgehead atoms. The normalized spacial score (nSPS) is 12.6. The topological polar surface area (TPSA) is 31.6 Å². The van der Waals surface area contributed by atoms with Crippen LogP contribution in [0.5, 0.6) is 0 Å². The first-order valence-corrected chi connectivity index (χ1v) is 27.0. The summed E-state index contributed by atoms with van der Waals surface area (Å²) in [6.45, 7) is 0. The van der Waals surface area contributed by atoms with Gasteiger partial charge in [-0.05, 0) is 112 Å². The molecule has 0 atom stereocenters. The van der Waals surface area contributed by atoms with Crippen LogP contribution in [0.25, 0.3) is 175 Å². The van der Waals surface area contributed by atoms with Crippen LogP contribution >= 0.6 is 0 Å². The molecule has 7 heterocycles. The van der Waals surface area contributed by atoms with Crippen LogP contribution < -0.4 is 0 Å². The summed E-state index contributed by atoms with van der Waals surface area (Å²) in [5, 5.41) is 18.4. The molecule has 19 aromatic rings. The molecule has 7 aromatic heterocycles. The van der Waals surface area contributed by atoms with Gasteiger partial charge in [-0.1, -0.05) is 170 Å². The van der Waals surface area contributed by atoms with E-state index >= 15 is 0 Å². The van der Waals surface area contributed by atoms with Gasteiger partial charge in [-0.3, -0.25) is 4.40 Å². The van der Waals surface area contributed by atoms with Crippen molar-refractivity contribution in [2.45, 2.75) is 0 Å². The van der Waals surface area contributed by atoms with Gasteiger partial charge in [-0.15, -0.1) is 0 Å². The molecular formula is C73H41N5. The van der Waals surface area contributed by atoms with Crippen molar-refractivity contribution in [3.05, 3.63) is 249 Å². The quantitative estimate of drug-likeness (QED) is 0.173. The van der Waals surface area contributed by atoms with Gasteiger partial charge in [0.05, 0.1) is 55.2 Å². The average molecular weight is 988 g/mol. The fraction of sp³-hybridized carbons (Fsp3) is 0. The Labute approximate surface area is 444 Å². The molecule has 0 saturated heterocycles. The standard InChI is InChI=1S/C73H41N5/c1-3-19-46(20-4-1)75-61-31-13-11-25-51(61)57-38-44(33-35-63(57)75)50-27-15-28-53-54-29-16-30-55-68-65(77(69(50)53)70(54)55)41-60-67-49-24-10-8-18-43(49)40-59-66-48-23-9-7-17-42(48)37-56(71(66)78(72(59)67)73(60)74-68)45-34-36-64-58(39-45)52-26-12-14-32-62(52)76(64)47-21-5-2-6-22-47/h1-41H. The maximum absolute atomic E-state index is 6.01. The lowest BCUT2D eigenvalue weighted by atomic mass is 9.94. The molecule has 0 aliphatic rings. The van der Waals surface area contributed by atoms with Gasteiger partial charge in [0.2, 0.25) is 0 Å². The number of hydrogen-bond donors (Lipinski definition) is 0. The summed E-state index contributed by atoms with van der Waals surface area (Å²) in [4.78, 5) is 6.01. The highest BCUT2D eigenvalue weighted by Gasteiger charge is 2.28. The molecule has 19 rings (SSSR count). The summed E-state index contributed by atoms with van der Waals surface area (Å²) in [6.07, 6.45) is 0. The minimum absolute atomic E-state index is 0.978. The summed E-state index contributed by atoms with van der Waals surface area (Å²) in [7, 11) is 0. The van der Waals surface area contributed by atoms with Crippen LogP contribution in [0.2, 0.25) is 0 Å². The van der Waals surface area contributed by atoms with Crippen LogP contribution in [0.3, 0.4) is 0 Å². The second kappa shape index (κ2) is 14.7. The van der Waals surface area contributed by atoms with Crippen molar-refractivity contribution in [2.24, 2.45) is 0 Å². The first-order valence-electron chi connectivity index (χ1n) is 27.0. The van der Waals surface area contributed by atoms with Gasteiger partial charge >= 0.3 is 0 Å². The predicted octanol–water partition coefficient (Wildman–Crippen LogP) is 19.2. The van der Waals surface area contributed by atoms with Gasteiger partial charge in [-0.25, -0.2) is 4.98 Å². The van der Waals surface area contributed by atoms with Crippen molar-refractivity contribution >= 4 is 142 Å². The van der Waals surface area contributed by atoms with Crippen molar-refractivity contribution in [3.8, 4) is 33.6 Å². The SMILES string of the molecule is c1ccc(-n2c3ccccc3c3cc(-c4cccc5c6cccc7c8nc9c(cc8n(c45)c67)c4c5ccccc5cc5c6c7ccccc7cc(-c7ccc8c(c7)c7ccccc7n8-c7ccccc7)c6n9c54)ccc32)cc1. The Balaban J connectivity index is 0.931. The molecule has 0 unspecified atom stereocenters. The molecule has 5 nitrogen and oxygen atoms in total. The van der Waals surface area contributed by atoms with Gasteiger partial charge in [0, 0.05) is 81.8 Å². The first-order chi connectivity index (χ1) is 38.7. The summed E-state index contributed by atoms with van der Waals surface area (Å²) in [6, 6.07) is 92.2. The second-order valence-electron chi connectivity index (χ2n) is 21.4. The van der Waals surface area contributed by atoms with E-state index in [1.54, 1.807) is 0 Å². The molecule has 0 aliphatic heterocycles. The molecule has 5 heteroatoms. The highest BCUT2D eigenvalue weighted by Crippen LogP contribution is 2.50. The highest BCUT2D eigenvalue weighted by atomic mass is 15.0. The Morgan fingerprint density at radius 2 is 0.756 bits per heavy atom. The molecule has 0 N–H and O–H groups in total. The van der Waals surface area contributed by atoms with E-state index in [0.29, 0.717) is 0 Å². The van der Waals surface area contributed by atoms with Crippen LogP contribution in [0.15, 0.2) is 249 Å². The van der Waals surface area contributed by atoms with E-state index in [0.717, 1.165) is 38.8 Å². The lowest BCUT2D eigenvalue weighted by molar-refractivity contribution is 1.18. The van der Waals surface area contributed by atoms with Crippen molar-refractivity contribution in [1.29, 1.82) is 0 Å². The molecule has 78 heavy (non-hydrogen) atoms. The summed E-state index contributed by atoms with van der Waals surface area (Å²) >= 11 is 0. The summed E-state index contributed by atoms with van der Waals surface area (Å²) in [5.41, 5.74) is 19.8. The third-order valence-electron chi connectivity index (χ3n) is 17.5. The van der Waals surface area contributed by atoms with Gasteiger partial charge in [0.15, 0.2) is 0 Å². The van der Waals surface area contributed by atoms with E-state index in [4.69, 9.17) is 4.98 Å². The molecular weight excluding hydrogens is 947 g/mol. The van der Waals surface area contributed by atoms with E-state index in [1.165, 1.54) is 136 Å². The number of benzene rings is 12. The Bertz CT molecular complexity index is 5790. The third-order valence-corrected chi connectivity index (χ3v) is 17.5. The van der Waals surface area contributed by atoms with E-state index in [-0.39, 0.29) is 0 Å². The third kappa shape index (κ3) is 5.09. The number of nitrogens with zero attached hydrogens (tertiary/aromatic N) is 5. The molecule has 0 radical (unpaired) electrons. The minimum atomic E-state index is 0.978. The zero-order chi connectivity index (χ0) is 50.5. The molecule has 0 saturated carbocycles. The molecule has 0 aliphatic carbocycles. The number of rotatable bonds is 4. The van der Waals surface area contributed by atoms with Crippen molar-refractivity contribution in [1.82, 2.24) is 22.9 Å². The lowest BCUT2D eigenvalue weighted by Gasteiger charge is -2.12. The minimum Gasteiger partial charge on any atom is -0.309 e. The van der Waals surface area contributed by atoms with Crippen LogP contribution in [-0.4, -0.2) is 22.9 Å². The Morgan fingerprint density at radius 1 is 0.256 bits per heavy atom. The second-order valence-corrected chi connectivity index (χ2v) is 21.4. The van der Waals surface area contributed by atoms with Gasteiger partial charge < -0.3 is 13.5 Å². The Morgan fingerprint density at radius 3 is 1.41 bits per heavy atom. The van der Waals surface area contributed by atoms with Crippen LogP contribution in [0, 0.1) is 0 Å². The lowest BCUT2D eigenvalue weighted by Crippen LogP contribution is -1.93. The van der Waals surface area contributed by atoms with Crippen molar-refractivity contribution in [2.75, 3.05) is 0 Å². The van der Waals surface area contributed by atoms with Crippen LogP contribution in [0.4, 0.5) is 0 Å². The molecule has 12 aromatic carbocycles. The number of aromatic nitrogens is 5. The predicted molar refractivity (Wildman–Crippen MR) is 328 cm³/mol. The maximum Gasteiger partial charge on any atom is 0.146 e. The van der Waals surface area contributed by atoms with Crippen LogP contribution in [-0.2, 0) is 0 Å². The molecule has 358 valence electrons. The van der Waals surface area contributed by atoms with Gasteiger partial charge in [-0.2, -0.15) is 0 Å². The summed E-state index contributed by atoms with van der Waals surface area (Å²) < 4.78 is 9.89. The monoisotopic (exact) mass is 987 g/mol. The highest BCUT2D eigenvalue weighted by molar-refractivity contribution is 6.37. The molecule has 0 spiro atoms. The smallest absolute Gasteiger partial charge is 0.146 e.